The minimum atomic E-state index is -1.37. The van der Waals surface area contributed by atoms with Crippen LogP contribution < -0.4 is 5.46 Å². The Morgan fingerprint density at radius 1 is 1.06 bits per heavy atom. The second-order valence-electron chi connectivity index (χ2n) is 4.81. The number of likely N-dealkylation sites (tertiary alicyclic amines) is 1. The van der Waals surface area contributed by atoms with E-state index in [4.69, 9.17) is 10.0 Å². The number of hydrogen-bond donors (Lipinski definition) is 2. The Bertz CT molecular complexity index is 347. The molecule has 1 aliphatic rings. The summed E-state index contributed by atoms with van der Waals surface area (Å²) in [7, 11) is -1.37. The molecule has 2 rings (SSSR count). The van der Waals surface area contributed by atoms with Gasteiger partial charge in [-0.15, -0.1) is 0 Å². The van der Waals surface area contributed by atoms with Crippen LogP contribution in [0.25, 0.3) is 0 Å². The Morgan fingerprint density at radius 2 is 1.65 bits per heavy atom. The van der Waals surface area contributed by atoms with Crippen LogP contribution in [0, 0.1) is 0 Å². The van der Waals surface area contributed by atoms with Gasteiger partial charge in [0.15, 0.2) is 0 Å². The monoisotopic (exact) mass is 233 g/mol. The Labute approximate surface area is 103 Å². The topological polar surface area (TPSA) is 43.7 Å². The van der Waals surface area contributed by atoms with Crippen molar-refractivity contribution >= 4 is 12.6 Å². The lowest BCUT2D eigenvalue weighted by molar-refractivity contribution is 0.175. The van der Waals surface area contributed by atoms with Crippen molar-refractivity contribution in [1.82, 2.24) is 4.90 Å². The van der Waals surface area contributed by atoms with Crippen LogP contribution in [0.5, 0.6) is 0 Å². The third-order valence-electron chi connectivity index (χ3n) is 3.66. The molecule has 0 spiro atoms. The molecule has 1 aromatic carbocycles. The van der Waals surface area contributed by atoms with Gasteiger partial charge in [-0.25, -0.2) is 0 Å². The zero-order valence-electron chi connectivity index (χ0n) is 10.3. The second-order valence-corrected chi connectivity index (χ2v) is 4.81. The molecule has 3 nitrogen and oxygen atoms in total. The number of piperidine rings is 1. The van der Waals surface area contributed by atoms with Gasteiger partial charge < -0.3 is 10.0 Å². The third kappa shape index (κ3) is 3.09. The Kier molecular flexibility index (Phi) is 4.21. The summed E-state index contributed by atoms with van der Waals surface area (Å²) in [5, 5.41) is 18.1. The van der Waals surface area contributed by atoms with Gasteiger partial charge >= 0.3 is 7.12 Å². The fourth-order valence-electron chi connectivity index (χ4n) is 2.46. The largest absolute Gasteiger partial charge is 0.488 e. The highest BCUT2D eigenvalue weighted by atomic mass is 16.4. The molecule has 1 saturated heterocycles. The van der Waals surface area contributed by atoms with E-state index in [0.29, 0.717) is 11.5 Å². The molecule has 17 heavy (non-hydrogen) atoms. The molecule has 1 aromatic rings. The summed E-state index contributed by atoms with van der Waals surface area (Å²) in [6.07, 6.45) is 3.93. The van der Waals surface area contributed by atoms with E-state index in [0.717, 1.165) is 0 Å². The molecule has 1 atom stereocenters. The van der Waals surface area contributed by atoms with Gasteiger partial charge in [-0.2, -0.15) is 0 Å². The molecule has 1 heterocycles. The molecular weight excluding hydrogens is 213 g/mol. The lowest BCUT2D eigenvalue weighted by Crippen LogP contribution is -2.33. The van der Waals surface area contributed by atoms with Crippen LogP contribution >= 0.6 is 0 Å². The minimum Gasteiger partial charge on any atom is -0.423 e. The van der Waals surface area contributed by atoms with E-state index >= 15 is 0 Å². The summed E-state index contributed by atoms with van der Waals surface area (Å²) in [4.78, 5) is 2.49. The average Bonchev–Trinajstić information content (AvgIpc) is 2.39. The average molecular weight is 233 g/mol. The first kappa shape index (κ1) is 12.6. The zero-order chi connectivity index (χ0) is 12.3. The lowest BCUT2D eigenvalue weighted by Gasteiger charge is -2.32. The predicted molar refractivity (Wildman–Crippen MR) is 70.1 cm³/mol. The highest BCUT2D eigenvalue weighted by Crippen LogP contribution is 2.23. The van der Waals surface area contributed by atoms with Crippen LogP contribution in [-0.2, 0) is 0 Å². The summed E-state index contributed by atoms with van der Waals surface area (Å²) in [6, 6.07) is 7.99. The van der Waals surface area contributed by atoms with Gasteiger partial charge in [0.25, 0.3) is 0 Å². The predicted octanol–water partition coefficient (Wildman–Crippen LogP) is 0.913. The number of hydrogen-bond acceptors (Lipinski definition) is 3. The Balaban J connectivity index is 2.05. The summed E-state index contributed by atoms with van der Waals surface area (Å²) >= 11 is 0. The van der Waals surface area contributed by atoms with Crippen LogP contribution in [0.1, 0.15) is 37.8 Å². The van der Waals surface area contributed by atoms with Gasteiger partial charge in [0.05, 0.1) is 0 Å². The van der Waals surface area contributed by atoms with Crippen LogP contribution in [-0.4, -0.2) is 35.2 Å². The quantitative estimate of drug-likeness (QED) is 0.763. The molecule has 0 radical (unpaired) electrons. The minimum absolute atomic E-state index is 0.417. The van der Waals surface area contributed by atoms with Gasteiger partial charge in [0, 0.05) is 6.04 Å². The Hall–Kier alpha value is -0.835. The van der Waals surface area contributed by atoms with E-state index in [2.05, 4.69) is 11.8 Å². The van der Waals surface area contributed by atoms with E-state index < -0.39 is 7.12 Å². The van der Waals surface area contributed by atoms with E-state index in [-0.39, 0.29) is 0 Å². The summed E-state index contributed by atoms with van der Waals surface area (Å²) in [5.74, 6) is 0. The Morgan fingerprint density at radius 3 is 2.18 bits per heavy atom. The molecule has 0 aliphatic carbocycles. The molecule has 0 saturated carbocycles. The van der Waals surface area contributed by atoms with Crippen molar-refractivity contribution < 1.29 is 10.0 Å². The van der Waals surface area contributed by atoms with Gasteiger partial charge in [0.1, 0.15) is 0 Å². The maximum atomic E-state index is 9.05. The smallest absolute Gasteiger partial charge is 0.423 e. The van der Waals surface area contributed by atoms with Gasteiger partial charge in [-0.1, -0.05) is 30.7 Å². The number of benzene rings is 1. The van der Waals surface area contributed by atoms with E-state index in [1.807, 2.05) is 12.1 Å². The van der Waals surface area contributed by atoms with E-state index in [1.165, 1.54) is 37.9 Å². The van der Waals surface area contributed by atoms with Gasteiger partial charge in [0.2, 0.25) is 0 Å². The molecule has 92 valence electrons. The third-order valence-corrected chi connectivity index (χ3v) is 3.66. The lowest BCUT2D eigenvalue weighted by atomic mass is 9.80. The normalized spacial score (nSPS) is 19.0. The molecule has 0 unspecified atom stereocenters. The highest BCUT2D eigenvalue weighted by Gasteiger charge is 2.18. The zero-order valence-corrected chi connectivity index (χ0v) is 10.3. The molecule has 0 aromatic heterocycles. The SMILES string of the molecule is C[C@@H](c1ccc(B(O)O)cc1)N1CCCCC1. The fraction of sp³-hybridized carbons (Fsp3) is 0.538. The summed E-state index contributed by atoms with van der Waals surface area (Å²) in [5.41, 5.74) is 1.80. The molecule has 1 aliphatic heterocycles. The standard InChI is InChI=1S/C13H20BNO2/c1-11(15-9-3-2-4-10-15)12-5-7-13(8-6-12)14(16)17/h5-8,11,16-17H,2-4,9-10H2,1H3/t11-/m0/s1. The van der Waals surface area contributed by atoms with Gasteiger partial charge in [-0.05, 0) is 43.9 Å². The first-order valence-corrected chi connectivity index (χ1v) is 6.38. The summed E-state index contributed by atoms with van der Waals surface area (Å²) < 4.78 is 0. The molecule has 0 bridgehead atoms. The molecule has 0 amide bonds. The summed E-state index contributed by atoms with van der Waals surface area (Å²) in [6.45, 7) is 4.56. The highest BCUT2D eigenvalue weighted by molar-refractivity contribution is 6.58. The van der Waals surface area contributed by atoms with Crippen molar-refractivity contribution in [1.29, 1.82) is 0 Å². The van der Waals surface area contributed by atoms with Crippen molar-refractivity contribution in [3.8, 4) is 0 Å². The number of rotatable bonds is 3. The van der Waals surface area contributed by atoms with Crippen molar-refractivity contribution in [2.75, 3.05) is 13.1 Å². The first-order chi connectivity index (χ1) is 8.18. The fourth-order valence-corrected chi connectivity index (χ4v) is 2.46. The van der Waals surface area contributed by atoms with Crippen molar-refractivity contribution in [2.24, 2.45) is 0 Å². The van der Waals surface area contributed by atoms with E-state index in [1.54, 1.807) is 12.1 Å². The number of nitrogens with zero attached hydrogens (tertiary/aromatic N) is 1. The van der Waals surface area contributed by atoms with Crippen LogP contribution in [0.2, 0.25) is 0 Å². The first-order valence-electron chi connectivity index (χ1n) is 6.38. The van der Waals surface area contributed by atoms with Crippen molar-refractivity contribution in [2.45, 2.75) is 32.2 Å². The molecule has 4 heteroatoms. The van der Waals surface area contributed by atoms with Crippen LogP contribution in [0.4, 0.5) is 0 Å². The maximum Gasteiger partial charge on any atom is 0.488 e. The maximum absolute atomic E-state index is 9.05. The van der Waals surface area contributed by atoms with Gasteiger partial charge in [-0.3, -0.25) is 4.90 Å². The van der Waals surface area contributed by atoms with Crippen molar-refractivity contribution in [3.63, 3.8) is 0 Å². The molecular formula is C13H20BNO2. The molecule has 2 N–H and O–H groups in total. The second kappa shape index (κ2) is 5.67. The van der Waals surface area contributed by atoms with Crippen LogP contribution in [0.15, 0.2) is 24.3 Å². The van der Waals surface area contributed by atoms with Crippen LogP contribution in [0.3, 0.4) is 0 Å². The molecule has 1 fully saturated rings. The van der Waals surface area contributed by atoms with E-state index in [9.17, 15) is 0 Å². The van der Waals surface area contributed by atoms with Crippen molar-refractivity contribution in [3.05, 3.63) is 29.8 Å².